The van der Waals surface area contributed by atoms with Crippen molar-refractivity contribution < 1.29 is 4.92 Å². The Morgan fingerprint density at radius 3 is 2.17 bits per heavy atom. The lowest BCUT2D eigenvalue weighted by Gasteiger charge is -2.09. The molecule has 0 aliphatic carbocycles. The maximum absolute atomic E-state index is 10.9. The fourth-order valence-corrected chi connectivity index (χ4v) is 4.64. The Hall–Kier alpha value is -4.31. The standard InChI is InChI=1S/C25H21N7O2S/c33-32(34)22-13-11-20(12-14-22)17-31-28-24(27-29-31)23-15-26-30(16-19-7-3-1-4-8-19)25(23)35-18-21-9-5-2-6-10-21/h1-15H,16-18H2. The van der Waals surface area contributed by atoms with Gasteiger partial charge in [-0.15, -0.1) is 22.0 Å². The number of nitro benzene ring substituents is 1. The second-order valence-electron chi connectivity index (χ2n) is 7.85. The van der Waals surface area contributed by atoms with Crippen molar-refractivity contribution in [1.82, 2.24) is 30.0 Å². The molecule has 0 saturated carbocycles. The Morgan fingerprint density at radius 2 is 1.49 bits per heavy atom. The minimum atomic E-state index is -0.419. The molecule has 2 aromatic heterocycles. The summed E-state index contributed by atoms with van der Waals surface area (Å²) in [4.78, 5) is 11.9. The van der Waals surface area contributed by atoms with Gasteiger partial charge in [0, 0.05) is 17.9 Å². The molecule has 0 unspecified atom stereocenters. The van der Waals surface area contributed by atoms with Gasteiger partial charge >= 0.3 is 0 Å². The minimum absolute atomic E-state index is 0.0481. The van der Waals surface area contributed by atoms with Crippen LogP contribution < -0.4 is 0 Å². The van der Waals surface area contributed by atoms with Gasteiger partial charge in [0.05, 0.1) is 29.8 Å². The van der Waals surface area contributed by atoms with Crippen molar-refractivity contribution in [2.75, 3.05) is 0 Å². The minimum Gasteiger partial charge on any atom is -0.258 e. The molecule has 0 amide bonds. The van der Waals surface area contributed by atoms with Crippen LogP contribution >= 0.6 is 11.8 Å². The molecule has 5 rings (SSSR count). The third-order valence-corrected chi connectivity index (χ3v) is 6.53. The monoisotopic (exact) mass is 483 g/mol. The number of benzene rings is 3. The lowest BCUT2D eigenvalue weighted by Crippen LogP contribution is -2.04. The van der Waals surface area contributed by atoms with Gasteiger partial charge in [0.15, 0.2) is 0 Å². The lowest BCUT2D eigenvalue weighted by molar-refractivity contribution is -0.384. The van der Waals surface area contributed by atoms with E-state index in [2.05, 4.69) is 44.8 Å². The smallest absolute Gasteiger partial charge is 0.258 e. The van der Waals surface area contributed by atoms with Crippen LogP contribution in [0.3, 0.4) is 0 Å². The molecular weight excluding hydrogens is 462 g/mol. The van der Waals surface area contributed by atoms with Crippen LogP contribution in [-0.4, -0.2) is 34.9 Å². The van der Waals surface area contributed by atoms with Crippen molar-refractivity contribution in [2.24, 2.45) is 0 Å². The van der Waals surface area contributed by atoms with Gasteiger partial charge in [-0.3, -0.25) is 14.8 Å². The fraction of sp³-hybridized carbons (Fsp3) is 0.120. The van der Waals surface area contributed by atoms with E-state index >= 15 is 0 Å². The Morgan fingerprint density at radius 1 is 0.829 bits per heavy atom. The molecule has 0 aliphatic rings. The van der Waals surface area contributed by atoms with Crippen molar-refractivity contribution in [2.45, 2.75) is 23.9 Å². The summed E-state index contributed by atoms with van der Waals surface area (Å²) in [6.07, 6.45) is 1.78. The van der Waals surface area contributed by atoms with Crippen LogP contribution in [0, 0.1) is 10.1 Å². The molecule has 0 atom stereocenters. The molecule has 0 N–H and O–H groups in total. The van der Waals surface area contributed by atoms with Gasteiger partial charge < -0.3 is 0 Å². The Balaban J connectivity index is 1.40. The molecule has 10 heteroatoms. The van der Waals surface area contributed by atoms with E-state index in [1.165, 1.54) is 22.5 Å². The quantitative estimate of drug-likeness (QED) is 0.168. The van der Waals surface area contributed by atoms with E-state index < -0.39 is 4.92 Å². The van der Waals surface area contributed by atoms with Crippen LogP contribution in [0.5, 0.6) is 0 Å². The second kappa shape index (κ2) is 10.3. The van der Waals surface area contributed by atoms with E-state index in [1.807, 2.05) is 41.1 Å². The van der Waals surface area contributed by atoms with Crippen LogP contribution in [0.1, 0.15) is 16.7 Å². The zero-order valence-corrected chi connectivity index (χ0v) is 19.5. The van der Waals surface area contributed by atoms with Crippen molar-refractivity contribution >= 4 is 17.4 Å². The molecule has 0 fully saturated rings. The highest BCUT2D eigenvalue weighted by molar-refractivity contribution is 7.98. The molecule has 2 heterocycles. The normalized spacial score (nSPS) is 11.0. The molecule has 9 nitrogen and oxygen atoms in total. The maximum Gasteiger partial charge on any atom is 0.269 e. The largest absolute Gasteiger partial charge is 0.269 e. The van der Waals surface area contributed by atoms with Gasteiger partial charge in [0.1, 0.15) is 5.03 Å². The number of non-ortho nitro benzene ring substituents is 1. The predicted octanol–water partition coefficient (Wildman–Crippen LogP) is 4.83. The second-order valence-corrected chi connectivity index (χ2v) is 8.81. The van der Waals surface area contributed by atoms with Gasteiger partial charge in [-0.05, 0) is 21.9 Å². The van der Waals surface area contributed by atoms with Gasteiger partial charge in [-0.2, -0.15) is 9.90 Å². The topological polar surface area (TPSA) is 105 Å². The van der Waals surface area contributed by atoms with E-state index in [0.717, 1.165) is 27.5 Å². The molecule has 174 valence electrons. The van der Waals surface area contributed by atoms with E-state index in [-0.39, 0.29) is 5.69 Å². The number of rotatable bonds is 9. The van der Waals surface area contributed by atoms with Crippen LogP contribution in [0.4, 0.5) is 5.69 Å². The number of tetrazole rings is 1. The number of nitrogens with zero attached hydrogens (tertiary/aromatic N) is 7. The number of hydrogen-bond donors (Lipinski definition) is 0. The summed E-state index contributed by atoms with van der Waals surface area (Å²) in [5, 5.41) is 29.5. The summed E-state index contributed by atoms with van der Waals surface area (Å²) in [5.41, 5.74) is 4.07. The third-order valence-electron chi connectivity index (χ3n) is 5.35. The first-order valence-corrected chi connectivity index (χ1v) is 11.9. The molecule has 0 radical (unpaired) electrons. The summed E-state index contributed by atoms with van der Waals surface area (Å²) < 4.78 is 1.97. The van der Waals surface area contributed by atoms with Crippen LogP contribution in [-0.2, 0) is 18.8 Å². The van der Waals surface area contributed by atoms with E-state index in [0.29, 0.717) is 18.9 Å². The van der Waals surface area contributed by atoms with E-state index in [1.54, 1.807) is 30.1 Å². The summed E-state index contributed by atoms with van der Waals surface area (Å²) >= 11 is 1.68. The molecular formula is C25H21N7O2S. The van der Waals surface area contributed by atoms with Gasteiger partial charge in [0.25, 0.3) is 5.69 Å². The van der Waals surface area contributed by atoms with Crippen LogP contribution in [0.2, 0.25) is 0 Å². The molecule has 5 aromatic rings. The number of hydrogen-bond acceptors (Lipinski definition) is 7. The lowest BCUT2D eigenvalue weighted by atomic mass is 10.2. The SMILES string of the molecule is O=[N+]([O-])c1ccc(Cn2nnc(-c3cnn(Cc4ccccc4)c3SCc3ccccc3)n2)cc1. The predicted molar refractivity (Wildman–Crippen MR) is 133 cm³/mol. The fourth-order valence-electron chi connectivity index (χ4n) is 3.58. The molecule has 3 aromatic carbocycles. The highest BCUT2D eigenvalue weighted by Crippen LogP contribution is 2.32. The summed E-state index contributed by atoms with van der Waals surface area (Å²) in [6.45, 7) is 0.991. The Labute approximate surface area is 205 Å². The van der Waals surface area contributed by atoms with Crippen molar-refractivity contribution in [3.05, 3.63) is 118 Å². The highest BCUT2D eigenvalue weighted by Gasteiger charge is 2.18. The van der Waals surface area contributed by atoms with E-state index in [4.69, 9.17) is 0 Å². The highest BCUT2D eigenvalue weighted by atomic mass is 32.2. The van der Waals surface area contributed by atoms with Gasteiger partial charge in [-0.1, -0.05) is 72.8 Å². The summed E-state index contributed by atoms with van der Waals surface area (Å²) in [5.74, 6) is 1.27. The van der Waals surface area contributed by atoms with Crippen LogP contribution in [0.25, 0.3) is 11.4 Å². The first kappa shape index (κ1) is 22.5. The Kier molecular flexibility index (Phi) is 6.62. The molecule has 0 saturated heterocycles. The van der Waals surface area contributed by atoms with Crippen molar-refractivity contribution in [3.63, 3.8) is 0 Å². The van der Waals surface area contributed by atoms with E-state index in [9.17, 15) is 10.1 Å². The summed E-state index contributed by atoms with van der Waals surface area (Å²) in [6, 6.07) is 26.8. The average molecular weight is 484 g/mol. The van der Waals surface area contributed by atoms with Gasteiger partial charge in [-0.25, -0.2) is 0 Å². The van der Waals surface area contributed by atoms with Gasteiger partial charge in [0.2, 0.25) is 5.82 Å². The average Bonchev–Trinajstić information content (AvgIpc) is 3.51. The third kappa shape index (κ3) is 5.44. The number of nitro groups is 1. The van der Waals surface area contributed by atoms with Crippen LogP contribution in [0.15, 0.2) is 96.2 Å². The number of thioether (sulfide) groups is 1. The number of aromatic nitrogens is 6. The molecule has 35 heavy (non-hydrogen) atoms. The van der Waals surface area contributed by atoms with Crippen molar-refractivity contribution in [3.8, 4) is 11.4 Å². The molecule has 0 spiro atoms. The molecule has 0 aliphatic heterocycles. The Bertz CT molecular complexity index is 1420. The maximum atomic E-state index is 10.9. The zero-order chi connectivity index (χ0) is 24.0. The summed E-state index contributed by atoms with van der Waals surface area (Å²) in [7, 11) is 0. The molecule has 0 bridgehead atoms. The first-order chi connectivity index (χ1) is 17.2. The first-order valence-electron chi connectivity index (χ1n) is 10.9. The van der Waals surface area contributed by atoms with Crippen molar-refractivity contribution in [1.29, 1.82) is 0 Å². The zero-order valence-electron chi connectivity index (χ0n) is 18.6.